The van der Waals surface area contributed by atoms with Gasteiger partial charge in [-0.1, -0.05) is 193 Å². The molecule has 0 amide bonds. The Labute approximate surface area is 235 Å². The molecular weight excluding hydrogens is 776 g/mol. The lowest BCUT2D eigenvalue weighted by atomic mass is 10.0. The molecule has 0 radical (unpaired) electrons. The number of halogens is 6. The van der Waals surface area contributed by atoms with Gasteiger partial charge in [-0.25, -0.2) is 4.79 Å². The number of ether oxygens (including phenoxy) is 1. The van der Waals surface area contributed by atoms with Gasteiger partial charge >= 0.3 is 5.97 Å². The lowest BCUT2D eigenvalue weighted by Crippen LogP contribution is -2.52. The molecule has 0 heterocycles. The van der Waals surface area contributed by atoms with E-state index in [1.165, 1.54) is 70.6 Å². The fourth-order valence-corrected chi connectivity index (χ4v) is 6.95. The molecule has 0 atom stereocenters. The Kier molecular flexibility index (Phi) is 19.1. The van der Waals surface area contributed by atoms with Gasteiger partial charge in [0.2, 0.25) is 3.23 Å². The average molecular weight is 814 g/mol. The normalized spacial score (nSPS) is 12.9. The van der Waals surface area contributed by atoms with E-state index in [4.69, 9.17) is 4.74 Å². The van der Waals surface area contributed by atoms with Gasteiger partial charge in [-0.2, -0.15) is 0 Å². The molecule has 0 aliphatic carbocycles. The molecule has 30 heavy (non-hydrogen) atoms. The summed E-state index contributed by atoms with van der Waals surface area (Å²) in [4.78, 5) is 12.6. The summed E-state index contributed by atoms with van der Waals surface area (Å²) in [7, 11) is 0. The standard InChI is InChI=1S/C22H38Br6O2/c1-3-5-7-8-9-10-11-12-13-14-15-16-17-20(23,24)22(27,28)21(25,26)19(29)30-18-6-4-2/h3-18H2,1-2H3. The first kappa shape index (κ1) is 32.4. The van der Waals surface area contributed by atoms with E-state index in [0.29, 0.717) is 6.61 Å². The molecule has 0 rings (SSSR count). The topological polar surface area (TPSA) is 26.3 Å². The third-order valence-corrected chi connectivity index (χ3v) is 15.8. The number of rotatable bonds is 19. The highest BCUT2D eigenvalue weighted by Gasteiger charge is 2.61. The molecule has 0 aromatic heterocycles. The van der Waals surface area contributed by atoms with Crippen LogP contribution in [0.1, 0.15) is 110 Å². The lowest BCUT2D eigenvalue weighted by molar-refractivity contribution is -0.143. The average Bonchev–Trinajstić information content (AvgIpc) is 2.68. The number of carbonyl (C=O) groups excluding carboxylic acids is 1. The maximum Gasteiger partial charge on any atom is 0.336 e. The van der Waals surface area contributed by atoms with Crippen LogP contribution in [0.25, 0.3) is 0 Å². The van der Waals surface area contributed by atoms with E-state index < -0.39 is 9.70 Å². The monoisotopic (exact) mass is 808 g/mol. The number of unbranched alkanes of at least 4 members (excludes halogenated alkanes) is 12. The Bertz CT molecular complexity index is 455. The smallest absolute Gasteiger partial charge is 0.336 e. The highest BCUT2D eigenvalue weighted by atomic mass is 79.9. The zero-order valence-electron chi connectivity index (χ0n) is 18.4. The van der Waals surface area contributed by atoms with Crippen molar-refractivity contribution in [1.82, 2.24) is 0 Å². The van der Waals surface area contributed by atoms with E-state index in [0.717, 1.165) is 25.7 Å². The Morgan fingerprint density at radius 1 is 0.633 bits per heavy atom. The van der Waals surface area contributed by atoms with Gasteiger partial charge in [0.1, 0.15) is 6.47 Å². The molecule has 0 fully saturated rings. The van der Waals surface area contributed by atoms with Crippen molar-refractivity contribution in [3.05, 3.63) is 0 Å². The fraction of sp³-hybridized carbons (Fsp3) is 0.955. The summed E-state index contributed by atoms with van der Waals surface area (Å²) in [5, 5.41) is 0. The van der Waals surface area contributed by atoms with Crippen LogP contribution in [-0.4, -0.2) is 22.3 Å². The Balaban J connectivity index is 4.17. The SMILES string of the molecule is CCCCCCCCCCCCCCC(Br)(Br)C(Br)(Br)C(Br)(Br)C(=O)OCCCC. The Morgan fingerprint density at radius 3 is 1.47 bits per heavy atom. The molecular formula is C22H38Br6O2. The van der Waals surface area contributed by atoms with Gasteiger partial charge in [-0.15, -0.1) is 0 Å². The Morgan fingerprint density at radius 2 is 1.03 bits per heavy atom. The molecule has 180 valence electrons. The first-order valence-electron chi connectivity index (χ1n) is 11.3. The molecule has 0 unspecified atom stereocenters. The number of hydrogen-bond acceptors (Lipinski definition) is 2. The second kappa shape index (κ2) is 17.7. The van der Waals surface area contributed by atoms with Crippen molar-refractivity contribution < 1.29 is 9.53 Å². The Hall–Kier alpha value is 2.35. The second-order valence-electron chi connectivity index (χ2n) is 7.98. The molecule has 0 aromatic carbocycles. The van der Waals surface area contributed by atoms with Crippen molar-refractivity contribution in [2.75, 3.05) is 6.61 Å². The predicted octanol–water partition coefficient (Wildman–Crippen LogP) is 10.9. The van der Waals surface area contributed by atoms with Gasteiger partial charge in [0, 0.05) is 0 Å². The largest absolute Gasteiger partial charge is 0.464 e. The summed E-state index contributed by atoms with van der Waals surface area (Å²) in [5.41, 5.74) is 0. The van der Waals surface area contributed by atoms with Crippen LogP contribution in [0.15, 0.2) is 0 Å². The van der Waals surface area contributed by atoms with Gasteiger partial charge in [0.15, 0.2) is 0 Å². The molecule has 0 aliphatic rings. The predicted molar refractivity (Wildman–Crippen MR) is 153 cm³/mol. The zero-order valence-corrected chi connectivity index (χ0v) is 27.9. The van der Waals surface area contributed by atoms with E-state index in [-0.39, 0.29) is 5.97 Å². The van der Waals surface area contributed by atoms with Crippen LogP contribution < -0.4 is 0 Å². The van der Waals surface area contributed by atoms with Crippen LogP contribution >= 0.6 is 95.6 Å². The van der Waals surface area contributed by atoms with E-state index in [2.05, 4.69) is 109 Å². The van der Waals surface area contributed by atoms with Crippen LogP contribution in [-0.2, 0) is 9.53 Å². The van der Waals surface area contributed by atoms with E-state index >= 15 is 0 Å². The summed E-state index contributed by atoms with van der Waals surface area (Å²) >= 11 is 22.0. The van der Waals surface area contributed by atoms with Gasteiger partial charge < -0.3 is 4.74 Å². The van der Waals surface area contributed by atoms with Crippen molar-refractivity contribution in [2.24, 2.45) is 0 Å². The fourth-order valence-electron chi connectivity index (χ4n) is 3.10. The third-order valence-electron chi connectivity index (χ3n) is 5.19. The summed E-state index contributed by atoms with van der Waals surface area (Å²) in [5.74, 6) is -0.359. The first-order valence-corrected chi connectivity index (χ1v) is 16.1. The number of hydrogen-bond donors (Lipinski definition) is 0. The van der Waals surface area contributed by atoms with E-state index in [9.17, 15) is 4.79 Å². The van der Waals surface area contributed by atoms with Gasteiger partial charge in [-0.05, 0) is 12.8 Å². The van der Waals surface area contributed by atoms with Crippen LogP contribution in [0, 0.1) is 0 Å². The number of esters is 1. The molecule has 0 saturated carbocycles. The van der Waals surface area contributed by atoms with Crippen LogP contribution in [0.3, 0.4) is 0 Å². The number of alkyl halides is 6. The maximum absolute atomic E-state index is 12.6. The third kappa shape index (κ3) is 12.2. The lowest BCUT2D eigenvalue weighted by Gasteiger charge is -2.41. The zero-order chi connectivity index (χ0) is 23.1. The van der Waals surface area contributed by atoms with Crippen LogP contribution in [0.4, 0.5) is 0 Å². The van der Waals surface area contributed by atoms with Crippen molar-refractivity contribution in [2.45, 2.75) is 120 Å². The quantitative estimate of drug-likeness (QED) is 0.0738. The van der Waals surface area contributed by atoms with Crippen molar-refractivity contribution in [3.63, 3.8) is 0 Å². The van der Waals surface area contributed by atoms with Gasteiger partial charge in [0.05, 0.1) is 6.61 Å². The molecule has 0 bridgehead atoms. The first-order chi connectivity index (χ1) is 14.0. The highest BCUT2D eigenvalue weighted by Crippen LogP contribution is 2.61. The van der Waals surface area contributed by atoms with Crippen molar-refractivity contribution in [1.29, 1.82) is 0 Å². The highest BCUT2D eigenvalue weighted by molar-refractivity contribution is 9.33. The van der Waals surface area contributed by atoms with Gasteiger partial charge in [0.25, 0.3) is 0 Å². The molecule has 0 aromatic rings. The molecule has 8 heteroatoms. The minimum atomic E-state index is -1.12. The maximum atomic E-state index is 12.6. The summed E-state index contributed by atoms with van der Waals surface area (Å²) in [6.07, 6.45) is 18.5. The summed E-state index contributed by atoms with van der Waals surface area (Å²) < 4.78 is 2.92. The van der Waals surface area contributed by atoms with E-state index in [1.807, 2.05) is 0 Å². The van der Waals surface area contributed by atoms with Crippen molar-refractivity contribution in [3.8, 4) is 0 Å². The van der Waals surface area contributed by atoms with Gasteiger partial charge in [-0.3, -0.25) is 0 Å². The molecule has 2 nitrogen and oxygen atoms in total. The summed E-state index contributed by atoms with van der Waals surface area (Å²) in [6.45, 7) is 4.75. The molecule has 0 spiro atoms. The molecule has 0 saturated heterocycles. The second-order valence-corrected chi connectivity index (χ2v) is 18.6. The van der Waals surface area contributed by atoms with E-state index in [1.54, 1.807) is 0 Å². The van der Waals surface area contributed by atoms with Crippen LogP contribution in [0.5, 0.6) is 0 Å². The minimum absolute atomic E-state index is 0.359. The summed E-state index contributed by atoms with van der Waals surface area (Å²) in [6, 6.07) is 0. The number of carbonyl (C=O) groups is 1. The van der Waals surface area contributed by atoms with Crippen LogP contribution in [0.2, 0.25) is 0 Å². The molecule has 0 aliphatic heterocycles. The molecule has 0 N–H and O–H groups in total. The minimum Gasteiger partial charge on any atom is -0.464 e. The van der Waals surface area contributed by atoms with Crippen molar-refractivity contribution >= 4 is 102 Å².